The Morgan fingerprint density at radius 3 is 2.12 bits per heavy atom. The molecule has 8 heavy (non-hydrogen) atoms. The standard InChI is InChI=1S/C6H16BN/c1-6(2,7)4-3-5-8/h3-5,7-8H2,1-2H3. The zero-order chi connectivity index (χ0) is 6.62. The second kappa shape index (κ2) is 3.13. The van der Waals surface area contributed by atoms with Crippen LogP contribution in [0.1, 0.15) is 26.7 Å². The SMILES string of the molecule is BC(C)(C)CCCN. The first kappa shape index (κ1) is 8.02. The normalized spacial score (nSPS) is 11.9. The first-order valence-corrected chi connectivity index (χ1v) is 3.26. The van der Waals surface area contributed by atoms with Crippen molar-refractivity contribution < 1.29 is 0 Å². The predicted octanol–water partition coefficient (Wildman–Crippen LogP) is 0.557. The molecule has 0 unspecified atom stereocenters. The lowest BCUT2D eigenvalue weighted by Crippen LogP contribution is -2.06. The molecule has 0 aliphatic rings. The van der Waals surface area contributed by atoms with Crippen LogP contribution in [0.2, 0.25) is 5.31 Å². The van der Waals surface area contributed by atoms with Gasteiger partial charge in [-0.05, 0) is 13.0 Å². The van der Waals surface area contributed by atoms with Gasteiger partial charge >= 0.3 is 0 Å². The molecule has 2 N–H and O–H groups in total. The van der Waals surface area contributed by atoms with E-state index in [0.29, 0.717) is 5.31 Å². The summed E-state index contributed by atoms with van der Waals surface area (Å²) in [6.07, 6.45) is 2.40. The zero-order valence-electron chi connectivity index (χ0n) is 6.20. The molecule has 0 spiro atoms. The minimum atomic E-state index is 0.472. The third-order valence-electron chi connectivity index (χ3n) is 1.13. The quantitative estimate of drug-likeness (QED) is 0.531. The van der Waals surface area contributed by atoms with E-state index in [4.69, 9.17) is 5.73 Å². The molecule has 0 aliphatic heterocycles. The number of hydrogen-bond donors (Lipinski definition) is 1. The highest BCUT2D eigenvalue weighted by atomic mass is 14.5. The highest BCUT2D eigenvalue weighted by Crippen LogP contribution is 2.24. The van der Waals surface area contributed by atoms with Crippen molar-refractivity contribution in [2.24, 2.45) is 5.73 Å². The van der Waals surface area contributed by atoms with Gasteiger partial charge < -0.3 is 5.73 Å². The molecule has 0 aliphatic carbocycles. The monoisotopic (exact) mass is 113 g/mol. The van der Waals surface area contributed by atoms with Crippen LogP contribution in [0, 0.1) is 0 Å². The van der Waals surface area contributed by atoms with Gasteiger partial charge in [-0.15, -0.1) is 0 Å². The van der Waals surface area contributed by atoms with Gasteiger partial charge in [0.1, 0.15) is 7.85 Å². The van der Waals surface area contributed by atoms with Crippen LogP contribution < -0.4 is 5.73 Å². The minimum Gasteiger partial charge on any atom is -0.330 e. The smallest absolute Gasteiger partial charge is 0.108 e. The topological polar surface area (TPSA) is 26.0 Å². The van der Waals surface area contributed by atoms with Crippen LogP contribution >= 0.6 is 0 Å². The van der Waals surface area contributed by atoms with E-state index >= 15 is 0 Å². The third-order valence-corrected chi connectivity index (χ3v) is 1.13. The second-order valence-electron chi connectivity index (χ2n) is 3.45. The van der Waals surface area contributed by atoms with Crippen molar-refractivity contribution in [3.63, 3.8) is 0 Å². The van der Waals surface area contributed by atoms with Crippen molar-refractivity contribution in [3.8, 4) is 0 Å². The molecular weight excluding hydrogens is 96.9 g/mol. The summed E-state index contributed by atoms with van der Waals surface area (Å²) in [5, 5.41) is 0.472. The fourth-order valence-electron chi connectivity index (χ4n) is 0.632. The average Bonchev–Trinajstić information content (AvgIpc) is 1.59. The van der Waals surface area contributed by atoms with E-state index in [1.807, 2.05) is 0 Å². The second-order valence-corrected chi connectivity index (χ2v) is 3.45. The Hall–Kier alpha value is 0.0249. The Balaban J connectivity index is 3.11. The van der Waals surface area contributed by atoms with E-state index < -0.39 is 0 Å². The molecule has 0 fully saturated rings. The summed E-state index contributed by atoms with van der Waals surface area (Å²) in [5.41, 5.74) is 5.34. The molecule has 0 atom stereocenters. The molecule has 0 radical (unpaired) electrons. The summed E-state index contributed by atoms with van der Waals surface area (Å²) in [4.78, 5) is 0. The molecule has 0 saturated heterocycles. The lowest BCUT2D eigenvalue weighted by molar-refractivity contribution is 0.584. The van der Waals surface area contributed by atoms with Crippen LogP contribution in [0.3, 0.4) is 0 Å². The Morgan fingerprint density at radius 2 is 2.00 bits per heavy atom. The fourth-order valence-corrected chi connectivity index (χ4v) is 0.632. The number of rotatable bonds is 3. The molecule has 0 bridgehead atoms. The minimum absolute atomic E-state index is 0.472. The predicted molar refractivity (Wildman–Crippen MR) is 40.9 cm³/mol. The van der Waals surface area contributed by atoms with Crippen molar-refractivity contribution in [1.82, 2.24) is 0 Å². The molecule has 0 heterocycles. The van der Waals surface area contributed by atoms with E-state index in [1.54, 1.807) is 0 Å². The first-order chi connectivity index (χ1) is 3.56. The van der Waals surface area contributed by atoms with Crippen LogP contribution in [0.25, 0.3) is 0 Å². The van der Waals surface area contributed by atoms with Gasteiger partial charge in [-0.1, -0.05) is 25.6 Å². The van der Waals surface area contributed by atoms with Gasteiger partial charge in [0.05, 0.1) is 0 Å². The Labute approximate surface area is 53.1 Å². The average molecular weight is 113 g/mol. The lowest BCUT2D eigenvalue weighted by Gasteiger charge is -2.16. The number of hydrogen-bond acceptors (Lipinski definition) is 1. The van der Waals surface area contributed by atoms with Gasteiger partial charge in [0.15, 0.2) is 0 Å². The number of nitrogens with two attached hydrogens (primary N) is 1. The maximum atomic E-state index is 5.34. The molecule has 0 aromatic rings. The molecule has 0 amide bonds. The van der Waals surface area contributed by atoms with Crippen molar-refractivity contribution in [3.05, 3.63) is 0 Å². The van der Waals surface area contributed by atoms with Crippen LogP contribution in [0.15, 0.2) is 0 Å². The van der Waals surface area contributed by atoms with Crippen molar-refractivity contribution in [2.75, 3.05) is 6.54 Å². The van der Waals surface area contributed by atoms with Crippen LogP contribution in [0.4, 0.5) is 0 Å². The van der Waals surface area contributed by atoms with Gasteiger partial charge in [0.25, 0.3) is 0 Å². The summed E-state index contributed by atoms with van der Waals surface area (Å²) in [6, 6.07) is 0. The molecule has 1 nitrogen and oxygen atoms in total. The van der Waals surface area contributed by atoms with Crippen LogP contribution in [-0.2, 0) is 0 Å². The molecule has 2 heteroatoms. The van der Waals surface area contributed by atoms with Crippen LogP contribution in [-0.4, -0.2) is 14.4 Å². The van der Waals surface area contributed by atoms with Gasteiger partial charge in [0.2, 0.25) is 0 Å². The molecule has 0 rings (SSSR count). The highest BCUT2D eigenvalue weighted by Gasteiger charge is 2.07. The Bertz CT molecular complexity index is 56.0. The van der Waals surface area contributed by atoms with E-state index in [-0.39, 0.29) is 0 Å². The van der Waals surface area contributed by atoms with E-state index in [2.05, 4.69) is 21.7 Å². The Kier molecular flexibility index (Phi) is 3.14. The first-order valence-electron chi connectivity index (χ1n) is 3.26. The van der Waals surface area contributed by atoms with Gasteiger partial charge in [-0.2, -0.15) is 0 Å². The molecule has 48 valence electrons. The molecule has 0 saturated carbocycles. The van der Waals surface area contributed by atoms with Crippen molar-refractivity contribution >= 4 is 7.85 Å². The summed E-state index contributed by atoms with van der Waals surface area (Å²) in [6.45, 7) is 5.31. The Morgan fingerprint density at radius 1 is 1.50 bits per heavy atom. The summed E-state index contributed by atoms with van der Waals surface area (Å²) in [7, 11) is 2.24. The van der Waals surface area contributed by atoms with Gasteiger partial charge in [-0.3, -0.25) is 0 Å². The van der Waals surface area contributed by atoms with Crippen LogP contribution in [0.5, 0.6) is 0 Å². The largest absolute Gasteiger partial charge is 0.330 e. The summed E-state index contributed by atoms with van der Waals surface area (Å²) < 4.78 is 0. The molecule has 0 aromatic heterocycles. The van der Waals surface area contributed by atoms with Gasteiger partial charge in [-0.25, -0.2) is 0 Å². The lowest BCUT2D eigenvalue weighted by atomic mass is 9.69. The summed E-state index contributed by atoms with van der Waals surface area (Å²) >= 11 is 0. The van der Waals surface area contributed by atoms with Crippen molar-refractivity contribution in [2.45, 2.75) is 32.0 Å². The maximum Gasteiger partial charge on any atom is 0.108 e. The maximum absolute atomic E-state index is 5.34. The van der Waals surface area contributed by atoms with E-state index in [9.17, 15) is 0 Å². The zero-order valence-corrected chi connectivity index (χ0v) is 6.20. The third kappa shape index (κ3) is 6.02. The molecular formula is C6H16BN. The van der Waals surface area contributed by atoms with E-state index in [0.717, 1.165) is 13.0 Å². The summed E-state index contributed by atoms with van der Waals surface area (Å²) in [5.74, 6) is 0. The van der Waals surface area contributed by atoms with Gasteiger partial charge in [0, 0.05) is 0 Å². The molecule has 0 aromatic carbocycles. The van der Waals surface area contributed by atoms with E-state index in [1.165, 1.54) is 6.42 Å². The fraction of sp³-hybridized carbons (Fsp3) is 1.00. The van der Waals surface area contributed by atoms with Crippen molar-refractivity contribution in [1.29, 1.82) is 0 Å². The highest BCUT2D eigenvalue weighted by molar-refractivity contribution is 6.14.